The monoisotopic (exact) mass is 386 g/mol. The molecule has 0 spiro atoms. The molecular weight excluding hydrogens is 360 g/mol. The lowest BCUT2D eigenvalue weighted by Crippen LogP contribution is -2.48. The van der Waals surface area contributed by atoms with E-state index < -0.39 is 41.1 Å². The molecule has 0 aromatic heterocycles. The highest BCUT2D eigenvalue weighted by atomic mass is 16.6. The molecule has 27 heavy (non-hydrogen) atoms. The molecule has 1 atom stereocenters. The maximum absolute atomic E-state index is 12.5. The van der Waals surface area contributed by atoms with Crippen molar-refractivity contribution >= 4 is 23.9 Å². The van der Waals surface area contributed by atoms with Gasteiger partial charge in [0.1, 0.15) is 0 Å². The SMILES string of the molecule is COC/C=C1\CCC(C(=O)OC)(C(=O)OC)CC1C(C(=O)OC)C(=O)OC. The van der Waals surface area contributed by atoms with Crippen molar-refractivity contribution in [1.29, 1.82) is 0 Å². The highest BCUT2D eigenvalue weighted by Gasteiger charge is 2.55. The highest BCUT2D eigenvalue weighted by Crippen LogP contribution is 2.47. The molecule has 0 aromatic carbocycles. The Bertz CT molecular complexity index is 576. The molecule has 0 amide bonds. The van der Waals surface area contributed by atoms with E-state index in [-0.39, 0.29) is 25.9 Å². The number of methoxy groups -OCH3 is 5. The van der Waals surface area contributed by atoms with Crippen molar-refractivity contribution in [2.24, 2.45) is 17.3 Å². The minimum absolute atomic E-state index is 0.119. The summed E-state index contributed by atoms with van der Waals surface area (Å²) in [5.74, 6) is -5.34. The molecule has 152 valence electrons. The van der Waals surface area contributed by atoms with Crippen molar-refractivity contribution in [3.63, 3.8) is 0 Å². The number of hydrogen-bond acceptors (Lipinski definition) is 9. The maximum atomic E-state index is 12.5. The fourth-order valence-corrected chi connectivity index (χ4v) is 3.45. The van der Waals surface area contributed by atoms with Crippen LogP contribution >= 0.6 is 0 Å². The Kier molecular flexibility index (Phi) is 8.42. The second kappa shape index (κ2) is 10.1. The predicted molar refractivity (Wildman–Crippen MR) is 91.3 cm³/mol. The molecule has 1 aliphatic carbocycles. The number of esters is 4. The maximum Gasteiger partial charge on any atom is 0.323 e. The van der Waals surface area contributed by atoms with E-state index in [1.165, 1.54) is 7.11 Å². The van der Waals surface area contributed by atoms with Crippen LogP contribution in [0.4, 0.5) is 0 Å². The third-order valence-electron chi connectivity index (χ3n) is 4.86. The van der Waals surface area contributed by atoms with Crippen molar-refractivity contribution in [2.75, 3.05) is 42.2 Å². The molecule has 0 radical (unpaired) electrons. The lowest BCUT2D eigenvalue weighted by molar-refractivity contribution is -0.176. The van der Waals surface area contributed by atoms with Gasteiger partial charge in [-0.05, 0) is 19.3 Å². The molecule has 0 bridgehead atoms. The van der Waals surface area contributed by atoms with Crippen LogP contribution in [0.5, 0.6) is 0 Å². The molecular formula is C18H26O9. The van der Waals surface area contributed by atoms with Gasteiger partial charge in [-0.1, -0.05) is 11.6 Å². The minimum atomic E-state index is -1.63. The van der Waals surface area contributed by atoms with Crippen molar-refractivity contribution < 1.29 is 42.9 Å². The largest absolute Gasteiger partial charge is 0.468 e. The van der Waals surface area contributed by atoms with Gasteiger partial charge in [-0.2, -0.15) is 0 Å². The summed E-state index contributed by atoms with van der Waals surface area (Å²) in [5.41, 5.74) is -0.931. The molecule has 1 saturated carbocycles. The summed E-state index contributed by atoms with van der Waals surface area (Å²) in [6.45, 7) is 0.240. The molecule has 1 rings (SSSR count). The quantitative estimate of drug-likeness (QED) is 0.269. The van der Waals surface area contributed by atoms with Crippen LogP contribution in [-0.2, 0) is 42.9 Å². The third-order valence-corrected chi connectivity index (χ3v) is 4.86. The van der Waals surface area contributed by atoms with Crippen LogP contribution in [-0.4, -0.2) is 66.0 Å². The van der Waals surface area contributed by atoms with Gasteiger partial charge in [0.05, 0.1) is 35.0 Å². The Hall–Kier alpha value is -2.42. The van der Waals surface area contributed by atoms with Gasteiger partial charge in [0.25, 0.3) is 0 Å². The van der Waals surface area contributed by atoms with Gasteiger partial charge in [-0.3, -0.25) is 19.2 Å². The van der Waals surface area contributed by atoms with Crippen molar-refractivity contribution in [3.8, 4) is 0 Å². The van der Waals surface area contributed by atoms with Crippen LogP contribution in [0.2, 0.25) is 0 Å². The van der Waals surface area contributed by atoms with Crippen LogP contribution in [0.25, 0.3) is 0 Å². The summed E-state index contributed by atoms with van der Waals surface area (Å²) >= 11 is 0. The normalized spacial score (nSPS) is 20.1. The van der Waals surface area contributed by atoms with Gasteiger partial charge in [-0.15, -0.1) is 0 Å². The zero-order valence-corrected chi connectivity index (χ0v) is 16.2. The molecule has 0 heterocycles. The van der Waals surface area contributed by atoms with Gasteiger partial charge in [0.15, 0.2) is 11.3 Å². The summed E-state index contributed by atoms with van der Waals surface area (Å²) in [5, 5.41) is 0. The molecule has 1 unspecified atom stereocenters. The fourth-order valence-electron chi connectivity index (χ4n) is 3.45. The molecule has 9 heteroatoms. The van der Waals surface area contributed by atoms with E-state index in [1.807, 2.05) is 0 Å². The standard InChI is InChI=1S/C18H26O9/c1-23-9-7-11-6-8-18(16(21)26-4,17(22)27-5)10-12(11)13(14(19)24-2)15(20)25-3/h7,12-13H,6,8-10H2,1-5H3/b11-7+. The van der Waals surface area contributed by atoms with E-state index in [0.717, 1.165) is 28.4 Å². The smallest absolute Gasteiger partial charge is 0.323 e. The summed E-state index contributed by atoms with van der Waals surface area (Å²) in [4.78, 5) is 49.5. The topological polar surface area (TPSA) is 114 Å². The first-order valence-corrected chi connectivity index (χ1v) is 8.33. The summed E-state index contributed by atoms with van der Waals surface area (Å²) in [6, 6.07) is 0. The van der Waals surface area contributed by atoms with Crippen LogP contribution < -0.4 is 0 Å². The first kappa shape index (κ1) is 22.6. The molecule has 0 aromatic rings. The third kappa shape index (κ3) is 4.65. The van der Waals surface area contributed by atoms with Crippen LogP contribution in [0.1, 0.15) is 19.3 Å². The first-order valence-electron chi connectivity index (χ1n) is 8.33. The Morgan fingerprint density at radius 1 is 0.963 bits per heavy atom. The molecule has 0 aliphatic heterocycles. The Balaban J connectivity index is 3.47. The number of carbonyl (C=O) groups excluding carboxylic acids is 4. The zero-order valence-electron chi connectivity index (χ0n) is 16.2. The van der Waals surface area contributed by atoms with E-state index in [4.69, 9.17) is 23.7 Å². The predicted octanol–water partition coefficient (Wildman–Crippen LogP) is 0.654. The second-order valence-electron chi connectivity index (χ2n) is 6.13. The lowest BCUT2D eigenvalue weighted by atomic mass is 9.63. The van der Waals surface area contributed by atoms with Crippen LogP contribution in [0, 0.1) is 17.3 Å². The fraction of sp³-hybridized carbons (Fsp3) is 0.667. The molecule has 0 saturated heterocycles. The summed E-state index contributed by atoms with van der Waals surface area (Å²) in [7, 11) is 6.12. The summed E-state index contributed by atoms with van der Waals surface area (Å²) in [6.07, 6.45) is 1.95. The zero-order chi connectivity index (χ0) is 20.6. The van der Waals surface area contributed by atoms with Crippen molar-refractivity contribution in [2.45, 2.75) is 19.3 Å². The van der Waals surface area contributed by atoms with Crippen LogP contribution in [0.3, 0.4) is 0 Å². The number of ether oxygens (including phenoxy) is 5. The highest BCUT2D eigenvalue weighted by molar-refractivity contribution is 6.01. The number of hydrogen-bond donors (Lipinski definition) is 0. The van der Waals surface area contributed by atoms with E-state index in [1.54, 1.807) is 6.08 Å². The van der Waals surface area contributed by atoms with Gasteiger partial charge in [0.2, 0.25) is 0 Å². The lowest BCUT2D eigenvalue weighted by Gasteiger charge is -2.39. The molecule has 0 N–H and O–H groups in total. The average molecular weight is 386 g/mol. The van der Waals surface area contributed by atoms with Gasteiger partial charge >= 0.3 is 23.9 Å². The van der Waals surface area contributed by atoms with E-state index >= 15 is 0 Å². The Labute approximate surface area is 157 Å². The van der Waals surface area contributed by atoms with Crippen molar-refractivity contribution in [3.05, 3.63) is 11.6 Å². The Morgan fingerprint density at radius 2 is 1.48 bits per heavy atom. The first-order chi connectivity index (χ1) is 12.8. The second-order valence-corrected chi connectivity index (χ2v) is 6.13. The number of carbonyl (C=O) groups is 4. The van der Waals surface area contributed by atoms with Crippen molar-refractivity contribution in [1.82, 2.24) is 0 Å². The van der Waals surface area contributed by atoms with Gasteiger partial charge in [-0.25, -0.2) is 0 Å². The number of rotatable bonds is 7. The molecule has 1 fully saturated rings. The van der Waals surface area contributed by atoms with E-state index in [2.05, 4.69) is 0 Å². The average Bonchev–Trinajstić information content (AvgIpc) is 2.70. The summed E-state index contributed by atoms with van der Waals surface area (Å²) < 4.78 is 24.2. The van der Waals surface area contributed by atoms with Gasteiger partial charge < -0.3 is 23.7 Å². The van der Waals surface area contributed by atoms with E-state index in [9.17, 15) is 19.2 Å². The molecule has 1 aliphatic rings. The van der Waals surface area contributed by atoms with E-state index in [0.29, 0.717) is 5.57 Å². The number of allylic oxidation sites excluding steroid dienone is 1. The minimum Gasteiger partial charge on any atom is -0.468 e. The molecule has 9 nitrogen and oxygen atoms in total. The van der Waals surface area contributed by atoms with Gasteiger partial charge in [0, 0.05) is 13.0 Å². The van der Waals surface area contributed by atoms with Crippen LogP contribution in [0.15, 0.2) is 11.6 Å². The Morgan fingerprint density at radius 3 is 1.89 bits per heavy atom.